The largest absolute Gasteiger partial charge is 0.388 e. The fraction of sp³-hybridized carbons (Fsp3) is 1.00. The summed E-state index contributed by atoms with van der Waals surface area (Å²) in [6.07, 6.45) is -3.39. The molecule has 0 aromatic carbocycles. The predicted molar refractivity (Wildman–Crippen MR) is 57.4 cm³/mol. The van der Waals surface area contributed by atoms with Gasteiger partial charge in [-0.15, -0.1) is 0 Å². The second kappa shape index (κ2) is 8.86. The topological polar surface area (TPSA) is 77.4 Å². The van der Waals surface area contributed by atoms with Crippen molar-refractivity contribution in [2.24, 2.45) is 0 Å². The van der Waals surface area contributed by atoms with E-state index in [-0.39, 0.29) is 13.2 Å². The Morgan fingerprint density at radius 1 is 0.750 bits per heavy atom. The third-order valence-electron chi connectivity index (χ3n) is 2.38. The molecule has 6 nitrogen and oxygen atoms in total. The van der Waals surface area contributed by atoms with Crippen LogP contribution in [-0.2, 0) is 18.9 Å². The summed E-state index contributed by atoms with van der Waals surface area (Å²) in [4.78, 5) is 0. The predicted octanol–water partition coefficient (Wildman–Crippen LogP) is -0.969. The molecule has 0 rings (SSSR count). The molecule has 0 aliphatic carbocycles. The summed E-state index contributed by atoms with van der Waals surface area (Å²) < 4.78 is 19.8. The van der Waals surface area contributed by atoms with E-state index in [1.165, 1.54) is 28.4 Å². The van der Waals surface area contributed by atoms with E-state index in [9.17, 15) is 10.2 Å². The summed E-state index contributed by atoms with van der Waals surface area (Å²) in [5.74, 6) is 0. The molecule has 0 radical (unpaired) electrons. The third-order valence-corrected chi connectivity index (χ3v) is 2.38. The molecule has 4 unspecified atom stereocenters. The van der Waals surface area contributed by atoms with Gasteiger partial charge in [0.15, 0.2) is 0 Å². The molecule has 0 aliphatic heterocycles. The van der Waals surface area contributed by atoms with E-state index in [4.69, 9.17) is 18.9 Å². The minimum Gasteiger partial charge on any atom is -0.388 e. The minimum atomic E-state index is -1.09. The summed E-state index contributed by atoms with van der Waals surface area (Å²) >= 11 is 0. The molecule has 0 bridgehead atoms. The molecule has 2 N–H and O–H groups in total. The first-order chi connectivity index (χ1) is 7.62. The Labute approximate surface area is 96.1 Å². The number of methoxy groups -OCH3 is 4. The number of hydrogen-bond acceptors (Lipinski definition) is 6. The van der Waals surface area contributed by atoms with Gasteiger partial charge >= 0.3 is 0 Å². The van der Waals surface area contributed by atoms with Crippen LogP contribution >= 0.6 is 0 Å². The van der Waals surface area contributed by atoms with Gasteiger partial charge in [0, 0.05) is 28.4 Å². The normalized spacial score (nSPS) is 19.1. The fourth-order valence-corrected chi connectivity index (χ4v) is 1.38. The molecule has 98 valence electrons. The van der Waals surface area contributed by atoms with E-state index >= 15 is 0 Å². The third kappa shape index (κ3) is 4.73. The monoisotopic (exact) mass is 238 g/mol. The Hall–Kier alpha value is -0.240. The van der Waals surface area contributed by atoms with Crippen LogP contribution in [0.3, 0.4) is 0 Å². The van der Waals surface area contributed by atoms with E-state index in [1.807, 2.05) is 0 Å². The molecule has 0 saturated heterocycles. The summed E-state index contributed by atoms with van der Waals surface area (Å²) in [7, 11) is 5.87. The van der Waals surface area contributed by atoms with Crippen LogP contribution in [0.1, 0.15) is 0 Å². The molecule has 4 atom stereocenters. The van der Waals surface area contributed by atoms with Crippen LogP contribution in [0.2, 0.25) is 0 Å². The van der Waals surface area contributed by atoms with E-state index in [0.29, 0.717) is 0 Å². The molecule has 16 heavy (non-hydrogen) atoms. The maximum absolute atomic E-state index is 9.85. The van der Waals surface area contributed by atoms with Crippen molar-refractivity contribution < 1.29 is 29.2 Å². The van der Waals surface area contributed by atoms with Crippen molar-refractivity contribution in [2.45, 2.75) is 24.4 Å². The number of aliphatic hydroxyl groups is 2. The quantitative estimate of drug-likeness (QED) is 0.538. The average Bonchev–Trinajstić information content (AvgIpc) is 2.31. The lowest BCUT2D eigenvalue weighted by Gasteiger charge is -2.29. The minimum absolute atomic E-state index is 0.193. The Kier molecular flexibility index (Phi) is 8.73. The second-order valence-corrected chi connectivity index (χ2v) is 3.44. The number of aliphatic hydroxyl groups excluding tert-OH is 2. The van der Waals surface area contributed by atoms with E-state index in [2.05, 4.69) is 0 Å². The zero-order valence-electron chi connectivity index (χ0n) is 10.3. The lowest BCUT2D eigenvalue weighted by Crippen LogP contribution is -2.48. The summed E-state index contributed by atoms with van der Waals surface area (Å²) in [6, 6.07) is 0. The van der Waals surface area contributed by atoms with E-state index in [1.54, 1.807) is 0 Å². The zero-order chi connectivity index (χ0) is 12.6. The molecular weight excluding hydrogens is 216 g/mol. The highest BCUT2D eigenvalue weighted by molar-refractivity contribution is 4.82. The standard InChI is InChI=1S/C10H22O6/c1-13-5-7(15-3)9(11)10(12)8(16-4)6-14-2/h7-12H,5-6H2,1-4H3. The molecular formula is C10H22O6. The Balaban J connectivity index is 4.35. The van der Waals surface area contributed by atoms with Gasteiger partial charge in [-0.2, -0.15) is 0 Å². The number of hydrogen-bond donors (Lipinski definition) is 2. The van der Waals surface area contributed by atoms with Crippen LogP contribution in [0.25, 0.3) is 0 Å². The van der Waals surface area contributed by atoms with E-state index < -0.39 is 24.4 Å². The van der Waals surface area contributed by atoms with Gasteiger partial charge in [-0.3, -0.25) is 0 Å². The highest BCUT2D eigenvalue weighted by atomic mass is 16.5. The molecule has 0 spiro atoms. The van der Waals surface area contributed by atoms with Gasteiger partial charge < -0.3 is 29.2 Å². The molecule has 0 aromatic heterocycles. The van der Waals surface area contributed by atoms with Gasteiger partial charge in [0.05, 0.1) is 13.2 Å². The van der Waals surface area contributed by atoms with Crippen molar-refractivity contribution in [3.05, 3.63) is 0 Å². The Morgan fingerprint density at radius 2 is 1.06 bits per heavy atom. The molecule has 0 saturated carbocycles. The van der Waals surface area contributed by atoms with Crippen LogP contribution in [0, 0.1) is 0 Å². The summed E-state index contributed by atoms with van der Waals surface area (Å²) in [5.41, 5.74) is 0. The Morgan fingerprint density at radius 3 is 1.25 bits per heavy atom. The van der Waals surface area contributed by atoms with Crippen molar-refractivity contribution in [3.63, 3.8) is 0 Å². The van der Waals surface area contributed by atoms with Gasteiger partial charge in [-0.05, 0) is 0 Å². The van der Waals surface area contributed by atoms with Crippen molar-refractivity contribution in [1.29, 1.82) is 0 Å². The maximum Gasteiger partial charge on any atom is 0.111 e. The van der Waals surface area contributed by atoms with Gasteiger partial charge in [-0.1, -0.05) is 0 Å². The first-order valence-corrected chi connectivity index (χ1v) is 5.01. The first-order valence-electron chi connectivity index (χ1n) is 5.01. The average molecular weight is 238 g/mol. The molecule has 0 fully saturated rings. The Bertz CT molecular complexity index is 147. The van der Waals surface area contributed by atoms with Gasteiger partial charge in [0.25, 0.3) is 0 Å². The summed E-state index contributed by atoms with van der Waals surface area (Å²) in [6.45, 7) is 0.385. The number of ether oxygens (including phenoxy) is 4. The van der Waals surface area contributed by atoms with Crippen LogP contribution in [0.4, 0.5) is 0 Å². The van der Waals surface area contributed by atoms with Crippen LogP contribution in [0.15, 0.2) is 0 Å². The van der Waals surface area contributed by atoms with Crippen LogP contribution < -0.4 is 0 Å². The van der Waals surface area contributed by atoms with Crippen molar-refractivity contribution >= 4 is 0 Å². The SMILES string of the molecule is COCC(OC)C(O)C(O)C(COC)OC. The second-order valence-electron chi connectivity index (χ2n) is 3.44. The zero-order valence-corrected chi connectivity index (χ0v) is 10.3. The van der Waals surface area contributed by atoms with Crippen LogP contribution in [0.5, 0.6) is 0 Å². The highest BCUT2D eigenvalue weighted by Gasteiger charge is 2.32. The lowest BCUT2D eigenvalue weighted by atomic mass is 10.0. The number of rotatable bonds is 9. The van der Waals surface area contributed by atoms with Crippen LogP contribution in [-0.4, -0.2) is 76.3 Å². The van der Waals surface area contributed by atoms with Crippen molar-refractivity contribution in [1.82, 2.24) is 0 Å². The molecule has 0 aliphatic rings. The smallest absolute Gasteiger partial charge is 0.111 e. The van der Waals surface area contributed by atoms with Crippen molar-refractivity contribution in [3.8, 4) is 0 Å². The van der Waals surface area contributed by atoms with Gasteiger partial charge in [-0.25, -0.2) is 0 Å². The fourth-order valence-electron chi connectivity index (χ4n) is 1.38. The molecule has 0 aromatic rings. The van der Waals surface area contributed by atoms with E-state index in [0.717, 1.165) is 0 Å². The molecule has 0 heterocycles. The van der Waals surface area contributed by atoms with Crippen molar-refractivity contribution in [2.75, 3.05) is 41.7 Å². The maximum atomic E-state index is 9.85. The molecule has 6 heteroatoms. The highest BCUT2D eigenvalue weighted by Crippen LogP contribution is 2.10. The van der Waals surface area contributed by atoms with Gasteiger partial charge in [0.1, 0.15) is 24.4 Å². The summed E-state index contributed by atoms with van der Waals surface area (Å²) in [5, 5.41) is 19.7. The molecule has 0 amide bonds. The van der Waals surface area contributed by atoms with Gasteiger partial charge in [0.2, 0.25) is 0 Å². The first kappa shape index (κ1) is 15.8. The lowest BCUT2D eigenvalue weighted by molar-refractivity contribution is -0.145.